The van der Waals surface area contributed by atoms with Crippen LogP contribution in [0.1, 0.15) is 38.5 Å². The Balaban J connectivity index is 0.00000162. The molecule has 5 heteroatoms. The molecule has 0 saturated carbocycles. The highest BCUT2D eigenvalue weighted by atomic mass is 127. The van der Waals surface area contributed by atoms with Gasteiger partial charge >= 0.3 is 0 Å². The van der Waals surface area contributed by atoms with Gasteiger partial charge in [0.15, 0.2) is 5.96 Å². The van der Waals surface area contributed by atoms with E-state index in [0.717, 1.165) is 25.6 Å². The number of hydrogen-bond donors (Lipinski definition) is 2. The SMILES string of the molecule is C1CCCN(CCCNC2=NCCCN2)CC1.I. The molecule has 2 aliphatic rings. The average Bonchev–Trinajstić information content (AvgIpc) is 2.65. The van der Waals surface area contributed by atoms with Crippen LogP contribution in [0.25, 0.3) is 0 Å². The van der Waals surface area contributed by atoms with Gasteiger partial charge in [-0.05, 0) is 45.3 Å². The first-order valence-corrected chi connectivity index (χ1v) is 7.20. The summed E-state index contributed by atoms with van der Waals surface area (Å²) >= 11 is 0. The van der Waals surface area contributed by atoms with E-state index >= 15 is 0 Å². The van der Waals surface area contributed by atoms with Gasteiger partial charge in [0.25, 0.3) is 0 Å². The molecule has 2 rings (SSSR count). The number of halogens is 1. The summed E-state index contributed by atoms with van der Waals surface area (Å²) in [7, 11) is 0. The van der Waals surface area contributed by atoms with E-state index < -0.39 is 0 Å². The maximum Gasteiger partial charge on any atom is 0.191 e. The minimum Gasteiger partial charge on any atom is -0.356 e. The van der Waals surface area contributed by atoms with Crippen molar-refractivity contribution in [3.8, 4) is 0 Å². The van der Waals surface area contributed by atoms with E-state index in [0.29, 0.717) is 0 Å². The minimum absolute atomic E-state index is 0. The molecule has 0 aromatic rings. The fraction of sp³-hybridized carbons (Fsp3) is 0.923. The Morgan fingerprint density at radius 2 is 1.89 bits per heavy atom. The molecule has 0 aromatic heterocycles. The van der Waals surface area contributed by atoms with Gasteiger partial charge in [0, 0.05) is 19.6 Å². The van der Waals surface area contributed by atoms with Crippen molar-refractivity contribution in [3.63, 3.8) is 0 Å². The summed E-state index contributed by atoms with van der Waals surface area (Å²) in [4.78, 5) is 7.03. The van der Waals surface area contributed by atoms with Crippen LogP contribution >= 0.6 is 24.0 Å². The molecule has 106 valence electrons. The molecule has 0 spiro atoms. The molecule has 1 saturated heterocycles. The van der Waals surface area contributed by atoms with Gasteiger partial charge in [-0.3, -0.25) is 4.99 Å². The maximum atomic E-state index is 4.41. The van der Waals surface area contributed by atoms with E-state index in [1.165, 1.54) is 58.2 Å². The summed E-state index contributed by atoms with van der Waals surface area (Å²) in [6, 6.07) is 0. The number of nitrogens with zero attached hydrogens (tertiary/aromatic N) is 2. The predicted octanol–water partition coefficient (Wildman–Crippen LogP) is 1.81. The highest BCUT2D eigenvalue weighted by Crippen LogP contribution is 2.09. The van der Waals surface area contributed by atoms with E-state index in [-0.39, 0.29) is 24.0 Å². The second-order valence-corrected chi connectivity index (χ2v) is 5.05. The standard InChI is InChI=1S/C13H26N4.HI/c1-2-4-11-17(10-3-1)12-6-9-16-13-14-7-5-8-15-13;/h1-12H2,(H2,14,15,16);1H. The average molecular weight is 366 g/mol. The Morgan fingerprint density at radius 1 is 1.11 bits per heavy atom. The molecule has 2 N–H and O–H groups in total. The van der Waals surface area contributed by atoms with E-state index in [4.69, 9.17) is 0 Å². The molecule has 0 aromatic carbocycles. The number of likely N-dealkylation sites (tertiary alicyclic amines) is 1. The van der Waals surface area contributed by atoms with Gasteiger partial charge in [-0.15, -0.1) is 24.0 Å². The molecule has 4 nitrogen and oxygen atoms in total. The summed E-state index contributed by atoms with van der Waals surface area (Å²) in [5.41, 5.74) is 0. The Morgan fingerprint density at radius 3 is 2.56 bits per heavy atom. The van der Waals surface area contributed by atoms with Crippen LogP contribution in [0.4, 0.5) is 0 Å². The van der Waals surface area contributed by atoms with Gasteiger partial charge in [-0.1, -0.05) is 12.8 Å². The van der Waals surface area contributed by atoms with Gasteiger partial charge in [0.2, 0.25) is 0 Å². The maximum absolute atomic E-state index is 4.41. The van der Waals surface area contributed by atoms with Crippen LogP contribution in [-0.4, -0.2) is 50.1 Å². The molecule has 2 aliphatic heterocycles. The van der Waals surface area contributed by atoms with E-state index in [9.17, 15) is 0 Å². The fourth-order valence-electron chi connectivity index (χ4n) is 2.52. The topological polar surface area (TPSA) is 39.7 Å². The number of guanidine groups is 1. The van der Waals surface area contributed by atoms with E-state index in [1.54, 1.807) is 0 Å². The second-order valence-electron chi connectivity index (χ2n) is 5.05. The van der Waals surface area contributed by atoms with Crippen LogP contribution in [0.15, 0.2) is 4.99 Å². The lowest BCUT2D eigenvalue weighted by Crippen LogP contribution is -2.41. The van der Waals surface area contributed by atoms with Gasteiger partial charge in [0.05, 0.1) is 0 Å². The lowest BCUT2D eigenvalue weighted by molar-refractivity contribution is 0.282. The molecular weight excluding hydrogens is 339 g/mol. The predicted molar refractivity (Wildman–Crippen MR) is 87.9 cm³/mol. The van der Waals surface area contributed by atoms with Crippen LogP contribution in [0.2, 0.25) is 0 Å². The summed E-state index contributed by atoms with van der Waals surface area (Å²) in [6.45, 7) is 6.93. The van der Waals surface area contributed by atoms with Crippen LogP contribution in [0.3, 0.4) is 0 Å². The second kappa shape index (κ2) is 9.83. The number of nitrogens with one attached hydrogen (secondary N) is 2. The number of aliphatic imine (C=N–C) groups is 1. The Labute approximate surface area is 128 Å². The third-order valence-corrected chi connectivity index (χ3v) is 3.54. The monoisotopic (exact) mass is 366 g/mol. The third kappa shape index (κ3) is 6.22. The Hall–Kier alpha value is -0.0400. The summed E-state index contributed by atoms with van der Waals surface area (Å²) in [6.07, 6.45) is 8.02. The molecule has 0 radical (unpaired) electrons. The van der Waals surface area contributed by atoms with Crippen molar-refractivity contribution < 1.29 is 0 Å². The lowest BCUT2D eigenvalue weighted by Gasteiger charge is -2.20. The normalized spacial score (nSPS) is 21.2. The van der Waals surface area contributed by atoms with Gasteiger partial charge in [0.1, 0.15) is 0 Å². The zero-order valence-corrected chi connectivity index (χ0v) is 13.6. The largest absolute Gasteiger partial charge is 0.356 e. The molecule has 1 fully saturated rings. The quantitative estimate of drug-likeness (QED) is 0.589. The molecule has 2 heterocycles. The molecule has 0 atom stereocenters. The first kappa shape index (κ1) is 16.0. The molecule has 0 bridgehead atoms. The van der Waals surface area contributed by atoms with Crippen LogP contribution in [-0.2, 0) is 0 Å². The van der Waals surface area contributed by atoms with Crippen LogP contribution in [0.5, 0.6) is 0 Å². The van der Waals surface area contributed by atoms with Crippen molar-refractivity contribution in [1.29, 1.82) is 0 Å². The highest BCUT2D eigenvalue weighted by Gasteiger charge is 2.08. The number of hydrogen-bond acceptors (Lipinski definition) is 4. The Bertz CT molecular complexity index is 237. The first-order chi connectivity index (χ1) is 8.45. The first-order valence-electron chi connectivity index (χ1n) is 7.20. The van der Waals surface area contributed by atoms with Crippen molar-refractivity contribution in [2.24, 2.45) is 4.99 Å². The molecule has 0 unspecified atom stereocenters. The zero-order valence-electron chi connectivity index (χ0n) is 11.3. The Kier molecular flexibility index (Phi) is 8.75. The van der Waals surface area contributed by atoms with Crippen molar-refractivity contribution in [3.05, 3.63) is 0 Å². The van der Waals surface area contributed by atoms with E-state index in [2.05, 4.69) is 20.5 Å². The van der Waals surface area contributed by atoms with E-state index in [1.807, 2.05) is 0 Å². The molecule has 0 amide bonds. The highest BCUT2D eigenvalue weighted by molar-refractivity contribution is 14.0. The van der Waals surface area contributed by atoms with Crippen molar-refractivity contribution in [2.45, 2.75) is 38.5 Å². The van der Waals surface area contributed by atoms with Gasteiger partial charge in [-0.2, -0.15) is 0 Å². The third-order valence-electron chi connectivity index (χ3n) is 3.54. The zero-order chi connectivity index (χ0) is 11.8. The summed E-state index contributed by atoms with van der Waals surface area (Å²) in [5.74, 6) is 1.01. The summed E-state index contributed by atoms with van der Waals surface area (Å²) in [5, 5.41) is 6.68. The number of rotatable bonds is 4. The molecule has 0 aliphatic carbocycles. The fourth-order valence-corrected chi connectivity index (χ4v) is 2.52. The molecule has 18 heavy (non-hydrogen) atoms. The van der Waals surface area contributed by atoms with Gasteiger partial charge < -0.3 is 15.5 Å². The summed E-state index contributed by atoms with van der Waals surface area (Å²) < 4.78 is 0. The van der Waals surface area contributed by atoms with Crippen molar-refractivity contribution in [1.82, 2.24) is 15.5 Å². The molecular formula is C13H27IN4. The smallest absolute Gasteiger partial charge is 0.191 e. The lowest BCUT2D eigenvalue weighted by atomic mass is 10.2. The minimum atomic E-state index is 0. The van der Waals surface area contributed by atoms with Crippen LogP contribution in [0, 0.1) is 0 Å². The van der Waals surface area contributed by atoms with Crippen molar-refractivity contribution in [2.75, 3.05) is 39.3 Å². The van der Waals surface area contributed by atoms with Crippen LogP contribution < -0.4 is 10.6 Å². The van der Waals surface area contributed by atoms with Gasteiger partial charge in [-0.25, -0.2) is 0 Å². The van der Waals surface area contributed by atoms with Crippen molar-refractivity contribution >= 4 is 29.9 Å².